The summed E-state index contributed by atoms with van der Waals surface area (Å²) >= 11 is 5.44. The molecule has 0 unspecified atom stereocenters. The highest BCUT2D eigenvalue weighted by molar-refractivity contribution is 7.80. The van der Waals surface area contributed by atoms with Gasteiger partial charge >= 0.3 is 12.0 Å². The molecule has 3 rings (SSSR count). The Hall–Kier alpha value is -3.39. The van der Waals surface area contributed by atoms with Crippen molar-refractivity contribution in [1.82, 2.24) is 10.2 Å². The van der Waals surface area contributed by atoms with Gasteiger partial charge in [-0.25, -0.2) is 9.59 Å². The van der Waals surface area contributed by atoms with E-state index in [1.54, 1.807) is 17.0 Å². The molecule has 1 heterocycles. The maximum absolute atomic E-state index is 12.9. The molecule has 2 aromatic carbocycles. The Bertz CT molecular complexity index is 1020. The second kappa shape index (κ2) is 10.3. The predicted octanol–water partition coefficient (Wildman–Crippen LogP) is 4.66. The van der Waals surface area contributed by atoms with Crippen molar-refractivity contribution in [2.75, 3.05) is 24.3 Å². The van der Waals surface area contributed by atoms with Crippen LogP contribution in [-0.4, -0.2) is 35.7 Å². The number of esters is 1. The number of rotatable bonds is 6. The van der Waals surface area contributed by atoms with E-state index in [9.17, 15) is 9.59 Å². The van der Waals surface area contributed by atoms with E-state index in [4.69, 9.17) is 17.0 Å². The first kappa shape index (κ1) is 23.3. The highest BCUT2D eigenvalue weighted by Gasteiger charge is 2.33. The fraction of sp³-hybridized carbons (Fsp3) is 0.292. The van der Waals surface area contributed by atoms with Crippen LogP contribution >= 0.6 is 12.2 Å². The molecule has 0 bridgehead atoms. The Morgan fingerprint density at radius 2 is 1.66 bits per heavy atom. The van der Waals surface area contributed by atoms with Crippen molar-refractivity contribution in [1.29, 1.82) is 0 Å². The maximum Gasteiger partial charge on any atom is 0.338 e. The standard InChI is InChI=1S/C24H28N4O3S/c1-15(2)14-31-22(29)20-16(3)28(4)24(32)27-21(20)17-10-12-19(13-11-17)26-23(30)25-18-8-6-5-7-9-18/h5-13,15,21H,14H2,1-4H3,(H,27,32)(H2,25,26,30)/t21-/m1/s1. The average molecular weight is 453 g/mol. The summed E-state index contributed by atoms with van der Waals surface area (Å²) in [4.78, 5) is 26.9. The van der Waals surface area contributed by atoms with Crippen LogP contribution in [0.5, 0.6) is 0 Å². The minimum Gasteiger partial charge on any atom is -0.462 e. The Balaban J connectivity index is 1.77. The zero-order chi connectivity index (χ0) is 23.3. The topological polar surface area (TPSA) is 82.7 Å². The molecule has 0 aliphatic carbocycles. The minimum atomic E-state index is -0.439. The van der Waals surface area contributed by atoms with Crippen molar-refractivity contribution in [2.45, 2.75) is 26.8 Å². The number of urea groups is 1. The van der Waals surface area contributed by atoms with Gasteiger partial charge in [0.15, 0.2) is 5.11 Å². The third-order valence-electron chi connectivity index (χ3n) is 5.06. The van der Waals surface area contributed by atoms with Gasteiger partial charge in [-0.1, -0.05) is 44.2 Å². The van der Waals surface area contributed by atoms with E-state index in [-0.39, 0.29) is 17.9 Å². The Labute approximate surface area is 193 Å². The van der Waals surface area contributed by atoms with Gasteiger partial charge in [0.25, 0.3) is 0 Å². The molecule has 2 amide bonds. The number of carbonyl (C=O) groups is 2. The molecule has 0 fully saturated rings. The number of ether oxygens (including phenoxy) is 1. The number of thiocarbonyl (C=S) groups is 1. The van der Waals surface area contributed by atoms with E-state index in [1.807, 2.05) is 70.3 Å². The summed E-state index contributed by atoms with van der Waals surface area (Å²) in [5, 5.41) is 9.33. The molecule has 0 radical (unpaired) electrons. The van der Waals surface area contributed by atoms with Crippen LogP contribution in [-0.2, 0) is 9.53 Å². The molecule has 1 aliphatic rings. The number of nitrogens with zero attached hydrogens (tertiary/aromatic N) is 1. The van der Waals surface area contributed by atoms with Crippen LogP contribution in [0.25, 0.3) is 0 Å². The molecule has 8 heteroatoms. The quantitative estimate of drug-likeness (QED) is 0.437. The summed E-state index contributed by atoms with van der Waals surface area (Å²) in [6.45, 7) is 6.18. The van der Waals surface area contributed by atoms with Crippen molar-refractivity contribution in [3.63, 3.8) is 0 Å². The molecule has 3 N–H and O–H groups in total. The lowest BCUT2D eigenvalue weighted by Gasteiger charge is -2.35. The van der Waals surface area contributed by atoms with Crippen LogP contribution in [0.1, 0.15) is 32.4 Å². The van der Waals surface area contributed by atoms with Gasteiger partial charge in [-0.3, -0.25) is 0 Å². The van der Waals surface area contributed by atoms with E-state index < -0.39 is 6.04 Å². The summed E-state index contributed by atoms with van der Waals surface area (Å²) in [6.07, 6.45) is 0. The lowest BCUT2D eigenvalue weighted by molar-refractivity contribution is -0.140. The van der Waals surface area contributed by atoms with Gasteiger partial charge in [0.1, 0.15) is 0 Å². The minimum absolute atomic E-state index is 0.237. The fourth-order valence-corrected chi connectivity index (χ4v) is 3.50. The zero-order valence-electron chi connectivity index (χ0n) is 18.6. The largest absolute Gasteiger partial charge is 0.462 e. The van der Waals surface area contributed by atoms with Crippen LogP contribution < -0.4 is 16.0 Å². The number of allylic oxidation sites excluding steroid dienone is 1. The lowest BCUT2D eigenvalue weighted by atomic mass is 9.95. The first-order valence-electron chi connectivity index (χ1n) is 10.4. The molecule has 1 aliphatic heterocycles. The van der Waals surface area contributed by atoms with Gasteiger partial charge in [-0.2, -0.15) is 0 Å². The molecule has 0 spiro atoms. The van der Waals surface area contributed by atoms with Crippen molar-refractivity contribution >= 4 is 40.7 Å². The summed E-state index contributed by atoms with van der Waals surface area (Å²) in [5.74, 6) is -0.131. The van der Waals surface area contributed by atoms with Crippen molar-refractivity contribution in [3.05, 3.63) is 71.4 Å². The molecular formula is C24H28N4O3S. The van der Waals surface area contributed by atoms with Crippen molar-refractivity contribution < 1.29 is 14.3 Å². The van der Waals surface area contributed by atoms with E-state index in [0.717, 1.165) is 11.3 Å². The number of hydrogen-bond donors (Lipinski definition) is 3. The number of hydrogen-bond acceptors (Lipinski definition) is 4. The monoisotopic (exact) mass is 452 g/mol. The van der Waals surface area contributed by atoms with Crippen LogP contribution in [0.15, 0.2) is 65.9 Å². The van der Waals surface area contributed by atoms with Gasteiger partial charge in [-0.05, 0) is 54.9 Å². The van der Waals surface area contributed by atoms with E-state index in [2.05, 4.69) is 16.0 Å². The smallest absolute Gasteiger partial charge is 0.338 e. The molecule has 0 aromatic heterocycles. The molecule has 0 saturated carbocycles. The highest BCUT2D eigenvalue weighted by atomic mass is 32.1. The summed E-state index contributed by atoms with van der Waals surface area (Å²) < 4.78 is 5.51. The number of para-hydroxylation sites is 1. The second-order valence-electron chi connectivity index (χ2n) is 8.00. The number of amides is 2. The van der Waals surface area contributed by atoms with Gasteiger partial charge in [0, 0.05) is 24.1 Å². The Kier molecular flexibility index (Phi) is 7.48. The summed E-state index contributed by atoms with van der Waals surface area (Å²) in [6, 6.07) is 15.7. The summed E-state index contributed by atoms with van der Waals surface area (Å²) in [5.41, 5.74) is 3.43. The number of benzene rings is 2. The molecule has 168 valence electrons. The number of nitrogens with one attached hydrogen (secondary N) is 3. The SMILES string of the molecule is CC1=C(C(=O)OCC(C)C)[C@@H](c2ccc(NC(=O)Nc3ccccc3)cc2)NC(=S)N1C. The van der Waals surface area contributed by atoms with E-state index in [1.165, 1.54) is 0 Å². The van der Waals surface area contributed by atoms with Crippen LogP contribution in [0, 0.1) is 5.92 Å². The van der Waals surface area contributed by atoms with E-state index in [0.29, 0.717) is 28.7 Å². The predicted molar refractivity (Wildman–Crippen MR) is 130 cm³/mol. The van der Waals surface area contributed by atoms with Crippen LogP contribution in [0.2, 0.25) is 0 Å². The Morgan fingerprint density at radius 3 is 2.25 bits per heavy atom. The molecule has 1 atom stereocenters. The molecule has 2 aromatic rings. The molecule has 7 nitrogen and oxygen atoms in total. The second-order valence-corrected chi connectivity index (χ2v) is 8.39. The average Bonchev–Trinajstić information content (AvgIpc) is 2.76. The van der Waals surface area contributed by atoms with Crippen molar-refractivity contribution in [2.24, 2.45) is 5.92 Å². The normalized spacial score (nSPS) is 16.0. The van der Waals surface area contributed by atoms with Crippen LogP contribution in [0.3, 0.4) is 0 Å². The third-order valence-corrected chi connectivity index (χ3v) is 5.45. The first-order chi connectivity index (χ1) is 15.3. The maximum atomic E-state index is 12.9. The number of carbonyl (C=O) groups excluding carboxylic acids is 2. The summed E-state index contributed by atoms with van der Waals surface area (Å²) in [7, 11) is 1.81. The first-order valence-corrected chi connectivity index (χ1v) is 10.8. The number of anilines is 2. The fourth-order valence-electron chi connectivity index (χ4n) is 3.24. The highest BCUT2D eigenvalue weighted by Crippen LogP contribution is 2.31. The van der Waals surface area contributed by atoms with Gasteiger partial charge in [-0.15, -0.1) is 0 Å². The van der Waals surface area contributed by atoms with Gasteiger partial charge in [0.05, 0.1) is 18.2 Å². The van der Waals surface area contributed by atoms with Gasteiger partial charge in [0.2, 0.25) is 0 Å². The molecule has 32 heavy (non-hydrogen) atoms. The Morgan fingerprint density at radius 1 is 1.06 bits per heavy atom. The molecule has 0 saturated heterocycles. The van der Waals surface area contributed by atoms with Gasteiger partial charge < -0.3 is 25.6 Å². The lowest BCUT2D eigenvalue weighted by Crippen LogP contribution is -2.46. The van der Waals surface area contributed by atoms with Crippen molar-refractivity contribution in [3.8, 4) is 0 Å². The van der Waals surface area contributed by atoms with Crippen LogP contribution in [0.4, 0.5) is 16.2 Å². The molecular weight excluding hydrogens is 424 g/mol. The third kappa shape index (κ3) is 5.64. The van der Waals surface area contributed by atoms with E-state index >= 15 is 0 Å². The zero-order valence-corrected chi connectivity index (χ0v) is 19.5.